The zero-order valence-corrected chi connectivity index (χ0v) is 14.0. The molecule has 0 aliphatic carbocycles. The van der Waals surface area contributed by atoms with Gasteiger partial charge in [0.2, 0.25) is 0 Å². The van der Waals surface area contributed by atoms with Gasteiger partial charge in [-0.2, -0.15) is 0 Å². The normalized spacial score (nSPS) is 10.2. The van der Waals surface area contributed by atoms with Crippen molar-refractivity contribution in [2.75, 3.05) is 20.3 Å². The van der Waals surface area contributed by atoms with Crippen molar-refractivity contribution < 1.29 is 19.1 Å². The summed E-state index contributed by atoms with van der Waals surface area (Å²) in [5.74, 6) is -0.0320. The number of hydrogen-bond acceptors (Lipinski definition) is 6. The van der Waals surface area contributed by atoms with Gasteiger partial charge in [-0.3, -0.25) is 9.59 Å². The second-order valence-corrected chi connectivity index (χ2v) is 5.65. The Bertz CT molecular complexity index is 695. The Morgan fingerprint density at radius 1 is 1.26 bits per heavy atom. The van der Waals surface area contributed by atoms with Crippen LogP contribution < -0.4 is 10.1 Å². The quantitative estimate of drug-likeness (QED) is 0.821. The number of aryl methyl sites for hydroxylation is 1. The van der Waals surface area contributed by atoms with Gasteiger partial charge in [0.15, 0.2) is 0 Å². The topological polar surface area (TPSA) is 77.5 Å². The average Bonchev–Trinajstić information content (AvgIpc) is 2.95. The number of thiazole rings is 1. The number of carbonyl (C=O) groups excluding carboxylic acids is 2. The number of methoxy groups -OCH3 is 1. The maximum absolute atomic E-state index is 12.1. The molecule has 2 rings (SSSR count). The number of nitrogens with zero attached hydrogens (tertiary/aromatic N) is 1. The van der Waals surface area contributed by atoms with Crippen molar-refractivity contribution in [3.63, 3.8) is 0 Å². The van der Waals surface area contributed by atoms with E-state index in [0.29, 0.717) is 17.2 Å². The summed E-state index contributed by atoms with van der Waals surface area (Å²) < 4.78 is 9.90. The summed E-state index contributed by atoms with van der Waals surface area (Å²) in [7, 11) is 1.27. The minimum Gasteiger partial charge on any atom is -0.494 e. The third-order valence-corrected chi connectivity index (χ3v) is 4.24. The first-order valence-electron chi connectivity index (χ1n) is 7.10. The molecule has 0 fully saturated rings. The molecule has 0 bridgehead atoms. The predicted molar refractivity (Wildman–Crippen MR) is 87.8 cm³/mol. The van der Waals surface area contributed by atoms with E-state index in [9.17, 15) is 9.59 Å². The van der Waals surface area contributed by atoms with E-state index < -0.39 is 5.97 Å². The third kappa shape index (κ3) is 4.29. The van der Waals surface area contributed by atoms with Crippen LogP contribution in [0.15, 0.2) is 24.3 Å². The molecule has 0 radical (unpaired) electrons. The van der Waals surface area contributed by atoms with Crippen LogP contribution in [0.4, 0.5) is 0 Å². The van der Waals surface area contributed by atoms with Crippen LogP contribution in [0.5, 0.6) is 5.75 Å². The number of rotatable bonds is 6. The van der Waals surface area contributed by atoms with Crippen molar-refractivity contribution in [2.45, 2.75) is 13.8 Å². The lowest BCUT2D eigenvalue weighted by Gasteiger charge is -2.03. The van der Waals surface area contributed by atoms with Crippen molar-refractivity contribution in [3.05, 3.63) is 34.8 Å². The van der Waals surface area contributed by atoms with Gasteiger partial charge in [0.25, 0.3) is 5.91 Å². The molecule has 1 aromatic heterocycles. The summed E-state index contributed by atoms with van der Waals surface area (Å²) in [5.41, 5.74) is 1.54. The van der Waals surface area contributed by atoms with Crippen LogP contribution in [0.2, 0.25) is 0 Å². The van der Waals surface area contributed by atoms with E-state index in [-0.39, 0.29) is 12.5 Å². The van der Waals surface area contributed by atoms with Crippen molar-refractivity contribution >= 4 is 23.2 Å². The van der Waals surface area contributed by atoms with Crippen LogP contribution in [0, 0.1) is 6.92 Å². The molecule has 0 saturated carbocycles. The Hall–Kier alpha value is -2.41. The number of hydrogen-bond donors (Lipinski definition) is 1. The average molecular weight is 334 g/mol. The number of amides is 1. The minimum absolute atomic E-state index is 0.162. The third-order valence-electron chi connectivity index (χ3n) is 3.04. The van der Waals surface area contributed by atoms with Crippen LogP contribution in [-0.4, -0.2) is 37.1 Å². The van der Waals surface area contributed by atoms with Gasteiger partial charge in [-0.15, -0.1) is 11.3 Å². The van der Waals surface area contributed by atoms with E-state index in [0.717, 1.165) is 16.3 Å². The van der Waals surface area contributed by atoms with Crippen LogP contribution in [-0.2, 0) is 9.53 Å². The number of aromatic nitrogens is 1. The standard InChI is InChI=1S/C16H18N2O4S/c1-4-22-12-7-5-11(6-8-12)16-18-10(2)14(23-16)15(20)17-9-13(19)21-3/h5-8H,4,9H2,1-3H3,(H,17,20). The molecule has 23 heavy (non-hydrogen) atoms. The van der Waals surface area contributed by atoms with Gasteiger partial charge >= 0.3 is 5.97 Å². The Morgan fingerprint density at radius 2 is 1.96 bits per heavy atom. The minimum atomic E-state index is -0.493. The predicted octanol–water partition coefficient (Wildman–Crippen LogP) is 2.42. The molecular weight excluding hydrogens is 316 g/mol. The molecule has 0 atom stereocenters. The fourth-order valence-corrected chi connectivity index (χ4v) is 2.88. The van der Waals surface area contributed by atoms with E-state index in [1.54, 1.807) is 6.92 Å². The van der Waals surface area contributed by atoms with Gasteiger partial charge in [0.05, 0.1) is 19.4 Å². The highest BCUT2D eigenvalue weighted by Crippen LogP contribution is 2.29. The molecule has 7 heteroatoms. The number of carbonyl (C=O) groups is 2. The molecule has 2 aromatic rings. The van der Waals surface area contributed by atoms with Crippen molar-refractivity contribution in [1.82, 2.24) is 10.3 Å². The summed E-state index contributed by atoms with van der Waals surface area (Å²) in [6, 6.07) is 7.54. The summed E-state index contributed by atoms with van der Waals surface area (Å²) in [6.07, 6.45) is 0. The van der Waals surface area contributed by atoms with Crippen LogP contribution in [0.25, 0.3) is 10.6 Å². The van der Waals surface area contributed by atoms with E-state index in [2.05, 4.69) is 15.0 Å². The molecule has 1 N–H and O–H groups in total. The Morgan fingerprint density at radius 3 is 2.57 bits per heavy atom. The summed E-state index contributed by atoms with van der Waals surface area (Å²) in [5, 5.41) is 3.26. The number of nitrogens with one attached hydrogen (secondary N) is 1. The first kappa shape index (κ1) is 17.0. The maximum Gasteiger partial charge on any atom is 0.325 e. The van der Waals surface area contributed by atoms with Gasteiger partial charge in [0, 0.05) is 5.56 Å². The van der Waals surface area contributed by atoms with Crippen molar-refractivity contribution in [3.8, 4) is 16.3 Å². The summed E-state index contributed by atoms with van der Waals surface area (Å²) >= 11 is 1.28. The highest BCUT2D eigenvalue weighted by atomic mass is 32.1. The fourth-order valence-electron chi connectivity index (χ4n) is 1.90. The second-order valence-electron chi connectivity index (χ2n) is 4.65. The molecular formula is C16H18N2O4S. The van der Waals surface area contributed by atoms with Gasteiger partial charge < -0.3 is 14.8 Å². The van der Waals surface area contributed by atoms with E-state index in [4.69, 9.17) is 4.74 Å². The lowest BCUT2D eigenvalue weighted by atomic mass is 10.2. The highest BCUT2D eigenvalue weighted by molar-refractivity contribution is 7.17. The lowest BCUT2D eigenvalue weighted by molar-refractivity contribution is -0.139. The number of benzene rings is 1. The molecule has 0 aliphatic rings. The Balaban J connectivity index is 2.13. The highest BCUT2D eigenvalue weighted by Gasteiger charge is 2.17. The molecule has 1 heterocycles. The molecule has 6 nitrogen and oxygen atoms in total. The number of esters is 1. The van der Waals surface area contributed by atoms with E-state index >= 15 is 0 Å². The van der Waals surface area contributed by atoms with Gasteiger partial charge in [-0.1, -0.05) is 0 Å². The molecule has 1 aromatic carbocycles. The van der Waals surface area contributed by atoms with Crippen LogP contribution >= 0.6 is 11.3 Å². The molecule has 0 aliphatic heterocycles. The maximum atomic E-state index is 12.1. The van der Waals surface area contributed by atoms with Gasteiger partial charge in [0.1, 0.15) is 22.2 Å². The Labute approximate surface area is 138 Å². The zero-order chi connectivity index (χ0) is 16.8. The first-order valence-corrected chi connectivity index (χ1v) is 7.92. The van der Waals surface area contributed by atoms with Gasteiger partial charge in [-0.25, -0.2) is 4.98 Å². The summed E-state index contributed by atoms with van der Waals surface area (Å²) in [6.45, 7) is 4.14. The molecule has 122 valence electrons. The van der Waals surface area contributed by atoms with E-state index in [1.807, 2.05) is 31.2 Å². The number of ether oxygens (including phenoxy) is 2. The van der Waals surface area contributed by atoms with Crippen molar-refractivity contribution in [1.29, 1.82) is 0 Å². The second kappa shape index (κ2) is 7.73. The monoisotopic (exact) mass is 334 g/mol. The van der Waals surface area contributed by atoms with Crippen LogP contribution in [0.3, 0.4) is 0 Å². The fraction of sp³-hybridized carbons (Fsp3) is 0.312. The lowest BCUT2D eigenvalue weighted by Crippen LogP contribution is -2.29. The van der Waals surface area contributed by atoms with Crippen LogP contribution in [0.1, 0.15) is 22.3 Å². The summed E-state index contributed by atoms with van der Waals surface area (Å²) in [4.78, 5) is 28.1. The first-order chi connectivity index (χ1) is 11.0. The van der Waals surface area contributed by atoms with Gasteiger partial charge in [-0.05, 0) is 38.1 Å². The SMILES string of the molecule is CCOc1ccc(-c2nc(C)c(C(=O)NCC(=O)OC)s2)cc1. The smallest absolute Gasteiger partial charge is 0.325 e. The molecule has 0 spiro atoms. The van der Waals surface area contributed by atoms with Crippen molar-refractivity contribution in [2.24, 2.45) is 0 Å². The molecule has 1 amide bonds. The Kier molecular flexibility index (Phi) is 5.70. The zero-order valence-electron chi connectivity index (χ0n) is 13.2. The molecule has 0 unspecified atom stereocenters. The molecule has 0 saturated heterocycles. The largest absolute Gasteiger partial charge is 0.494 e. The van der Waals surface area contributed by atoms with E-state index in [1.165, 1.54) is 18.4 Å².